The molecule has 0 saturated carbocycles. The number of carbonyl (C=O) groups is 1. The Morgan fingerprint density at radius 1 is 1.05 bits per heavy atom. The van der Waals surface area contributed by atoms with Gasteiger partial charge in [-0.25, -0.2) is 4.79 Å². The predicted octanol–water partition coefficient (Wildman–Crippen LogP) is 0.231. The molecule has 6 nitrogen and oxygen atoms in total. The van der Waals surface area contributed by atoms with Gasteiger partial charge in [-0.15, -0.1) is 0 Å². The van der Waals surface area contributed by atoms with Crippen molar-refractivity contribution in [3.63, 3.8) is 0 Å². The Bertz CT molecular complexity index is 298. The van der Waals surface area contributed by atoms with E-state index >= 15 is 0 Å². The summed E-state index contributed by atoms with van der Waals surface area (Å²) in [5, 5.41) is 0. The van der Waals surface area contributed by atoms with E-state index in [9.17, 15) is 4.79 Å². The minimum Gasteiger partial charge on any atom is -0.462 e. The molecule has 0 rings (SSSR count). The van der Waals surface area contributed by atoms with Gasteiger partial charge in [0.2, 0.25) is 0 Å². The number of hydrogen-bond donors (Lipinski definition) is 0. The van der Waals surface area contributed by atoms with Crippen LogP contribution in [0.5, 0.6) is 0 Å². The van der Waals surface area contributed by atoms with E-state index in [0.29, 0.717) is 61.7 Å². The predicted molar refractivity (Wildman–Crippen MR) is 83.3 cm³/mol. The van der Waals surface area contributed by atoms with E-state index in [1.165, 1.54) is 0 Å². The summed E-state index contributed by atoms with van der Waals surface area (Å²) in [6.45, 7) is 7.47. The minimum atomic E-state index is -0.604. The molecule has 21 heavy (non-hydrogen) atoms. The molecular weight excluding hydrogens is 292 g/mol. The molecule has 0 aromatic heterocycles. The van der Waals surface area contributed by atoms with Gasteiger partial charge < -0.3 is 23.7 Å². The van der Waals surface area contributed by atoms with Gasteiger partial charge in [0.1, 0.15) is 5.41 Å². The van der Waals surface area contributed by atoms with Crippen molar-refractivity contribution >= 4 is 16.2 Å². The van der Waals surface area contributed by atoms with Crippen LogP contribution in [0.1, 0.15) is 19.8 Å². The topological polar surface area (TPSA) is 63.2 Å². The van der Waals surface area contributed by atoms with Gasteiger partial charge in [0, 0.05) is 19.8 Å². The zero-order chi connectivity index (χ0) is 16.1. The largest absolute Gasteiger partial charge is 0.462 e. The number of carbonyl (C=O) groups excluding carboxylic acids is 1. The smallest absolute Gasteiger partial charge is 0.333 e. The van der Waals surface area contributed by atoms with Gasteiger partial charge in [0.05, 0.1) is 43.3 Å². The summed E-state index contributed by atoms with van der Waals surface area (Å²) in [4.78, 5) is 11.3. The van der Waals surface area contributed by atoms with Crippen LogP contribution in [0.2, 0.25) is 0 Å². The van der Waals surface area contributed by atoms with Gasteiger partial charge in [0.25, 0.3) is 0 Å². The molecule has 0 spiro atoms. The van der Waals surface area contributed by atoms with Gasteiger partial charge >= 0.3 is 5.97 Å². The van der Waals surface area contributed by atoms with E-state index in [1.807, 2.05) is 0 Å². The van der Waals surface area contributed by atoms with E-state index in [0.717, 1.165) is 0 Å². The van der Waals surface area contributed by atoms with Crippen LogP contribution < -0.4 is 0 Å². The summed E-state index contributed by atoms with van der Waals surface area (Å²) in [5.41, 5.74) is -0.202. The number of ether oxygens (including phenoxy) is 5. The van der Waals surface area contributed by atoms with Gasteiger partial charge in [-0.3, -0.25) is 0 Å². The third-order valence-corrected chi connectivity index (χ3v) is 3.82. The summed E-state index contributed by atoms with van der Waals surface area (Å²) in [7, 11) is 3.95. The summed E-state index contributed by atoms with van der Waals surface area (Å²) >= 11 is 0. The highest BCUT2D eigenvalue weighted by atomic mass is 28.1. The first-order valence-electron chi connectivity index (χ1n) is 7.03. The third-order valence-electron chi connectivity index (χ3n) is 2.75. The van der Waals surface area contributed by atoms with Crippen LogP contribution in [0.25, 0.3) is 0 Å². The van der Waals surface area contributed by atoms with E-state index in [2.05, 4.69) is 6.58 Å². The van der Waals surface area contributed by atoms with Gasteiger partial charge in [-0.1, -0.05) is 6.58 Å². The standard InChI is InChI=1S/C14H28O6Si/c1-12(2)13(15)18-7-5-6-14(21,19-10-8-16-3)20-11-9-17-4/h1,5-11H2,2-4,21H3. The Hall–Kier alpha value is -0.733. The Morgan fingerprint density at radius 3 is 2.00 bits per heavy atom. The molecule has 0 heterocycles. The van der Waals surface area contributed by atoms with Crippen LogP contribution in [0.15, 0.2) is 12.2 Å². The highest BCUT2D eigenvalue weighted by Gasteiger charge is 2.25. The molecule has 0 saturated heterocycles. The van der Waals surface area contributed by atoms with Crippen molar-refractivity contribution in [3.05, 3.63) is 12.2 Å². The first-order chi connectivity index (χ1) is 9.95. The lowest BCUT2D eigenvalue weighted by atomic mass is 10.3. The number of esters is 1. The molecule has 0 N–H and O–H groups in total. The SMILES string of the molecule is C=C(C)C(=O)OCCCC([SiH3])(OCCOC)OCCOC. The first-order valence-corrected chi connectivity index (χ1v) is 8.03. The molecule has 0 aliphatic rings. The van der Waals surface area contributed by atoms with Gasteiger partial charge in [0.15, 0.2) is 0 Å². The van der Waals surface area contributed by atoms with Crippen LogP contribution >= 0.6 is 0 Å². The molecule has 0 atom stereocenters. The number of rotatable bonds is 13. The lowest BCUT2D eigenvalue weighted by Crippen LogP contribution is -2.39. The summed E-state index contributed by atoms with van der Waals surface area (Å²) in [6.07, 6.45) is 1.33. The Balaban J connectivity index is 4.12. The van der Waals surface area contributed by atoms with Crippen molar-refractivity contribution in [1.29, 1.82) is 0 Å². The van der Waals surface area contributed by atoms with E-state index in [4.69, 9.17) is 23.7 Å². The fraction of sp³-hybridized carbons (Fsp3) is 0.786. The molecule has 0 amide bonds. The van der Waals surface area contributed by atoms with E-state index < -0.39 is 5.41 Å². The molecule has 0 unspecified atom stereocenters. The van der Waals surface area contributed by atoms with Crippen molar-refractivity contribution in [2.75, 3.05) is 47.3 Å². The molecule has 0 aliphatic carbocycles. The van der Waals surface area contributed by atoms with Crippen LogP contribution in [0, 0.1) is 0 Å². The molecule has 124 valence electrons. The van der Waals surface area contributed by atoms with E-state index in [1.54, 1.807) is 21.1 Å². The summed E-state index contributed by atoms with van der Waals surface area (Å²) in [6, 6.07) is 0. The monoisotopic (exact) mass is 320 g/mol. The van der Waals surface area contributed by atoms with Crippen LogP contribution in [0.3, 0.4) is 0 Å². The van der Waals surface area contributed by atoms with Crippen molar-refractivity contribution in [1.82, 2.24) is 0 Å². The molecule has 0 aromatic rings. The highest BCUT2D eigenvalue weighted by molar-refractivity contribution is 6.13. The maximum atomic E-state index is 11.3. The molecule has 0 aromatic carbocycles. The van der Waals surface area contributed by atoms with E-state index in [-0.39, 0.29) is 5.97 Å². The van der Waals surface area contributed by atoms with Gasteiger partial charge in [-0.2, -0.15) is 0 Å². The molecule has 0 radical (unpaired) electrons. The van der Waals surface area contributed by atoms with Crippen molar-refractivity contribution in [2.24, 2.45) is 0 Å². The number of methoxy groups -OCH3 is 2. The molecule has 0 fully saturated rings. The second-order valence-corrected chi connectivity index (χ2v) is 6.36. The second-order valence-electron chi connectivity index (χ2n) is 4.84. The fourth-order valence-electron chi connectivity index (χ4n) is 1.55. The summed E-state index contributed by atoms with van der Waals surface area (Å²) in [5.74, 6) is -0.366. The minimum absolute atomic E-state index is 0.330. The van der Waals surface area contributed by atoms with Crippen LogP contribution in [0.4, 0.5) is 0 Å². The Morgan fingerprint density at radius 2 is 1.57 bits per heavy atom. The van der Waals surface area contributed by atoms with Crippen molar-refractivity contribution in [3.8, 4) is 0 Å². The zero-order valence-electron chi connectivity index (χ0n) is 13.6. The summed E-state index contributed by atoms with van der Waals surface area (Å²) < 4.78 is 26.6. The number of hydrogen-bond acceptors (Lipinski definition) is 6. The van der Waals surface area contributed by atoms with Gasteiger partial charge in [-0.05, 0) is 19.8 Å². The van der Waals surface area contributed by atoms with Crippen LogP contribution in [-0.2, 0) is 28.5 Å². The molecule has 0 aliphatic heterocycles. The van der Waals surface area contributed by atoms with Crippen LogP contribution in [-0.4, -0.2) is 68.9 Å². The lowest BCUT2D eigenvalue weighted by Gasteiger charge is -2.30. The normalized spacial score (nSPS) is 11.6. The average molecular weight is 320 g/mol. The lowest BCUT2D eigenvalue weighted by molar-refractivity contribution is -0.194. The third kappa shape index (κ3) is 10.6. The quantitative estimate of drug-likeness (QED) is 0.159. The first kappa shape index (κ1) is 20.3. The fourth-order valence-corrected chi connectivity index (χ4v) is 2.31. The molecular formula is C14H28O6Si. The maximum absolute atomic E-state index is 11.3. The molecule has 7 heteroatoms. The van der Waals surface area contributed by atoms with Crippen molar-refractivity contribution < 1.29 is 28.5 Å². The zero-order valence-corrected chi connectivity index (χ0v) is 15.6. The average Bonchev–Trinajstić information content (AvgIpc) is 2.44. The van der Waals surface area contributed by atoms with Crippen molar-refractivity contribution in [2.45, 2.75) is 25.2 Å². The Kier molecular flexibility index (Phi) is 11.5. The second kappa shape index (κ2) is 11.9. The Labute approximate surface area is 130 Å². The highest BCUT2D eigenvalue weighted by Crippen LogP contribution is 2.16. The maximum Gasteiger partial charge on any atom is 0.333 e. The molecule has 0 bridgehead atoms.